The SMILES string of the molecule is C1=C(c2c3ccccc3c(-c3cccc(-c4ccc(-c5ccccc5)s4)c3)c3ccccc23)c2ccccc2CC1. The van der Waals surface area contributed by atoms with Crippen molar-refractivity contribution in [1.29, 1.82) is 0 Å². The topological polar surface area (TPSA) is 0 Å². The van der Waals surface area contributed by atoms with E-state index in [4.69, 9.17) is 0 Å². The van der Waals surface area contributed by atoms with Gasteiger partial charge in [0.1, 0.15) is 0 Å². The van der Waals surface area contributed by atoms with Gasteiger partial charge < -0.3 is 0 Å². The van der Waals surface area contributed by atoms with E-state index in [1.165, 1.54) is 75.8 Å². The summed E-state index contributed by atoms with van der Waals surface area (Å²) in [7, 11) is 0. The molecule has 1 aliphatic carbocycles. The zero-order valence-corrected chi connectivity index (χ0v) is 23.5. The first-order valence-electron chi connectivity index (χ1n) is 14.3. The first kappa shape index (κ1) is 24.1. The first-order valence-corrected chi connectivity index (χ1v) is 15.2. The summed E-state index contributed by atoms with van der Waals surface area (Å²) < 4.78 is 0. The summed E-state index contributed by atoms with van der Waals surface area (Å²) in [6, 6.07) is 51.2. The number of aryl methyl sites for hydroxylation is 1. The van der Waals surface area contributed by atoms with Gasteiger partial charge in [0.2, 0.25) is 0 Å². The Balaban J connectivity index is 1.34. The molecule has 0 amide bonds. The number of rotatable bonds is 4. The Morgan fingerprint density at radius 1 is 0.439 bits per heavy atom. The van der Waals surface area contributed by atoms with E-state index in [1.807, 2.05) is 11.3 Å². The summed E-state index contributed by atoms with van der Waals surface area (Å²) in [5.74, 6) is 0. The summed E-state index contributed by atoms with van der Waals surface area (Å²) in [6.07, 6.45) is 4.64. The third-order valence-electron chi connectivity index (χ3n) is 8.37. The van der Waals surface area contributed by atoms with E-state index in [0.29, 0.717) is 0 Å². The standard InChI is InChI=1S/C40H28S/c1-2-13-28(14-3-1)37-24-25-38(41-37)29-16-10-17-30(26-29)39-33-19-6-8-21-35(33)40(36-22-9-7-20-34(36)39)32-23-11-15-27-12-4-5-18-31(27)32/h1-10,12-14,16-26H,11,15H2. The molecule has 41 heavy (non-hydrogen) atoms. The molecule has 194 valence electrons. The van der Waals surface area contributed by atoms with Gasteiger partial charge in [-0.2, -0.15) is 0 Å². The van der Waals surface area contributed by atoms with Gasteiger partial charge in [0.25, 0.3) is 0 Å². The Bertz CT molecular complexity index is 2030. The quantitative estimate of drug-likeness (QED) is 0.195. The molecule has 8 rings (SSSR count). The van der Waals surface area contributed by atoms with Crippen LogP contribution in [0.5, 0.6) is 0 Å². The molecule has 1 heteroatoms. The molecular formula is C40H28S. The predicted octanol–water partition coefficient (Wildman–Crippen LogP) is 11.4. The average molecular weight is 541 g/mol. The molecule has 1 heterocycles. The number of hydrogen-bond donors (Lipinski definition) is 0. The van der Waals surface area contributed by atoms with Crippen LogP contribution in [0.4, 0.5) is 0 Å². The van der Waals surface area contributed by atoms with Crippen molar-refractivity contribution in [3.8, 4) is 32.0 Å². The molecule has 0 spiro atoms. The van der Waals surface area contributed by atoms with Crippen LogP contribution >= 0.6 is 11.3 Å². The van der Waals surface area contributed by atoms with E-state index in [1.54, 1.807) is 0 Å². The Hall–Kier alpha value is -4.72. The van der Waals surface area contributed by atoms with Gasteiger partial charge in [-0.05, 0) is 97.1 Å². The van der Waals surface area contributed by atoms with Gasteiger partial charge in [-0.15, -0.1) is 11.3 Å². The van der Waals surface area contributed by atoms with Crippen molar-refractivity contribution in [3.63, 3.8) is 0 Å². The molecule has 0 fully saturated rings. The van der Waals surface area contributed by atoms with Crippen LogP contribution in [0.1, 0.15) is 23.1 Å². The second kappa shape index (κ2) is 10.0. The van der Waals surface area contributed by atoms with Crippen LogP contribution in [-0.4, -0.2) is 0 Å². The zero-order valence-electron chi connectivity index (χ0n) is 22.7. The molecule has 0 saturated heterocycles. The van der Waals surface area contributed by atoms with Crippen molar-refractivity contribution in [2.75, 3.05) is 0 Å². The van der Waals surface area contributed by atoms with Crippen molar-refractivity contribution < 1.29 is 0 Å². The summed E-state index contributed by atoms with van der Waals surface area (Å²) in [4.78, 5) is 2.59. The van der Waals surface area contributed by atoms with Gasteiger partial charge >= 0.3 is 0 Å². The van der Waals surface area contributed by atoms with Gasteiger partial charge in [-0.3, -0.25) is 0 Å². The van der Waals surface area contributed by atoms with Gasteiger partial charge in [0.15, 0.2) is 0 Å². The third-order valence-corrected chi connectivity index (χ3v) is 9.55. The minimum absolute atomic E-state index is 1.07. The fourth-order valence-electron chi connectivity index (χ4n) is 6.53. The zero-order chi connectivity index (χ0) is 27.2. The summed E-state index contributed by atoms with van der Waals surface area (Å²) in [5, 5.41) is 5.24. The highest BCUT2D eigenvalue weighted by Gasteiger charge is 2.21. The number of benzene rings is 6. The Morgan fingerprint density at radius 2 is 1.00 bits per heavy atom. The maximum Gasteiger partial charge on any atom is 0.0349 e. The number of hydrogen-bond acceptors (Lipinski definition) is 1. The molecule has 0 aliphatic heterocycles. The van der Waals surface area contributed by atoms with E-state index in [2.05, 4.69) is 146 Å². The van der Waals surface area contributed by atoms with Crippen LogP contribution in [0, 0.1) is 0 Å². The van der Waals surface area contributed by atoms with Crippen molar-refractivity contribution in [3.05, 3.63) is 162 Å². The molecule has 1 aliphatic rings. The maximum atomic E-state index is 2.46. The van der Waals surface area contributed by atoms with Gasteiger partial charge in [-0.1, -0.05) is 127 Å². The van der Waals surface area contributed by atoms with Crippen LogP contribution in [0.2, 0.25) is 0 Å². The molecule has 0 radical (unpaired) electrons. The average Bonchev–Trinajstić information content (AvgIpc) is 3.55. The second-order valence-electron chi connectivity index (χ2n) is 10.8. The minimum atomic E-state index is 1.07. The molecule has 0 bridgehead atoms. The van der Waals surface area contributed by atoms with Crippen LogP contribution in [0.3, 0.4) is 0 Å². The highest BCUT2D eigenvalue weighted by Crippen LogP contribution is 2.45. The predicted molar refractivity (Wildman–Crippen MR) is 177 cm³/mol. The first-order chi connectivity index (χ1) is 20.3. The maximum absolute atomic E-state index is 2.46. The normalized spacial score (nSPS) is 12.8. The number of fused-ring (bicyclic) bond motifs is 3. The molecule has 7 aromatic rings. The van der Waals surface area contributed by atoms with E-state index in [9.17, 15) is 0 Å². The lowest BCUT2D eigenvalue weighted by molar-refractivity contribution is 0.978. The minimum Gasteiger partial charge on any atom is -0.135 e. The molecule has 0 nitrogen and oxygen atoms in total. The molecule has 0 atom stereocenters. The monoisotopic (exact) mass is 540 g/mol. The lowest BCUT2D eigenvalue weighted by Crippen LogP contribution is -2.02. The van der Waals surface area contributed by atoms with Crippen LogP contribution in [0.15, 0.2) is 146 Å². The van der Waals surface area contributed by atoms with E-state index in [-0.39, 0.29) is 0 Å². The summed E-state index contributed by atoms with van der Waals surface area (Å²) in [5.41, 5.74) is 10.6. The van der Waals surface area contributed by atoms with Crippen LogP contribution in [-0.2, 0) is 6.42 Å². The number of allylic oxidation sites excluding steroid dienone is 1. The molecule has 1 aromatic heterocycles. The van der Waals surface area contributed by atoms with Crippen molar-refractivity contribution >= 4 is 38.5 Å². The van der Waals surface area contributed by atoms with Crippen molar-refractivity contribution in [1.82, 2.24) is 0 Å². The number of thiophene rings is 1. The lowest BCUT2D eigenvalue weighted by atomic mass is 9.80. The van der Waals surface area contributed by atoms with Crippen LogP contribution in [0.25, 0.3) is 59.1 Å². The van der Waals surface area contributed by atoms with Crippen molar-refractivity contribution in [2.45, 2.75) is 12.8 Å². The van der Waals surface area contributed by atoms with E-state index in [0.717, 1.165) is 12.8 Å². The molecular weight excluding hydrogens is 513 g/mol. The lowest BCUT2D eigenvalue weighted by Gasteiger charge is -2.23. The van der Waals surface area contributed by atoms with E-state index >= 15 is 0 Å². The fourth-order valence-corrected chi connectivity index (χ4v) is 7.54. The molecule has 0 N–H and O–H groups in total. The molecule has 0 saturated carbocycles. The largest absolute Gasteiger partial charge is 0.135 e. The van der Waals surface area contributed by atoms with Crippen LogP contribution < -0.4 is 0 Å². The highest BCUT2D eigenvalue weighted by molar-refractivity contribution is 7.18. The molecule has 6 aromatic carbocycles. The second-order valence-corrected chi connectivity index (χ2v) is 11.8. The smallest absolute Gasteiger partial charge is 0.0349 e. The molecule has 0 unspecified atom stereocenters. The van der Waals surface area contributed by atoms with E-state index < -0.39 is 0 Å². The third kappa shape index (κ3) is 4.13. The summed E-state index contributed by atoms with van der Waals surface area (Å²) >= 11 is 1.86. The van der Waals surface area contributed by atoms with Gasteiger partial charge in [0.05, 0.1) is 0 Å². The Kier molecular flexibility index (Phi) is 5.90. The van der Waals surface area contributed by atoms with Crippen molar-refractivity contribution in [2.24, 2.45) is 0 Å². The Morgan fingerprint density at radius 3 is 1.73 bits per heavy atom. The Labute approximate surface area is 244 Å². The highest BCUT2D eigenvalue weighted by atomic mass is 32.1. The fraction of sp³-hybridized carbons (Fsp3) is 0.0500. The summed E-state index contributed by atoms with van der Waals surface area (Å²) in [6.45, 7) is 0. The van der Waals surface area contributed by atoms with Gasteiger partial charge in [0, 0.05) is 9.75 Å². The van der Waals surface area contributed by atoms with Gasteiger partial charge in [-0.25, -0.2) is 0 Å².